The molecule has 0 aromatic carbocycles. The van der Waals surface area contributed by atoms with Gasteiger partial charge in [0.2, 0.25) is 0 Å². The zero-order valence-electron chi connectivity index (χ0n) is 20.4. The van der Waals surface area contributed by atoms with Crippen molar-refractivity contribution in [2.24, 2.45) is 22.7 Å². The molecule has 3 heterocycles. The van der Waals surface area contributed by atoms with E-state index in [1.807, 2.05) is 19.9 Å². The zero-order chi connectivity index (χ0) is 25.8. The SMILES string of the molecule is CC1C(=O)CC23COC(=O)C2=CCCC3C1(C)CC(OC1OC(CO)C(O)C(O)C1O)c1ccoc1. The van der Waals surface area contributed by atoms with Crippen LogP contribution in [0.2, 0.25) is 0 Å². The van der Waals surface area contributed by atoms with Gasteiger partial charge in [0, 0.05) is 28.9 Å². The summed E-state index contributed by atoms with van der Waals surface area (Å²) in [6, 6.07) is 1.72. The maximum Gasteiger partial charge on any atom is 0.334 e. The number of esters is 1. The van der Waals surface area contributed by atoms with Crippen molar-refractivity contribution in [2.75, 3.05) is 13.2 Å². The molecule has 0 bridgehead atoms. The third-order valence-electron chi connectivity index (χ3n) is 9.13. The normalized spacial score (nSPS) is 43.4. The molecule has 0 amide bonds. The van der Waals surface area contributed by atoms with Crippen molar-refractivity contribution >= 4 is 11.8 Å². The van der Waals surface area contributed by atoms with Gasteiger partial charge in [-0.2, -0.15) is 0 Å². The van der Waals surface area contributed by atoms with E-state index in [9.17, 15) is 30.0 Å². The van der Waals surface area contributed by atoms with Crippen LogP contribution >= 0.6 is 0 Å². The molecule has 10 heteroatoms. The quantitative estimate of drug-likeness (QED) is 0.411. The number of rotatable bonds is 6. The molecule has 2 saturated heterocycles. The predicted octanol–water partition coefficient (Wildman–Crippen LogP) is 1.02. The van der Waals surface area contributed by atoms with Crippen molar-refractivity contribution in [1.82, 2.24) is 0 Å². The van der Waals surface area contributed by atoms with Gasteiger partial charge in [0.05, 0.1) is 25.2 Å². The first kappa shape index (κ1) is 25.6. The first-order valence-electron chi connectivity index (χ1n) is 12.5. The molecule has 5 rings (SSSR count). The fourth-order valence-electron chi connectivity index (χ4n) is 6.93. The Labute approximate surface area is 208 Å². The van der Waals surface area contributed by atoms with Crippen LogP contribution in [-0.2, 0) is 23.8 Å². The minimum Gasteiger partial charge on any atom is -0.472 e. The third kappa shape index (κ3) is 3.86. The number of cyclic esters (lactones) is 1. The van der Waals surface area contributed by atoms with Gasteiger partial charge in [-0.1, -0.05) is 19.9 Å². The smallest absolute Gasteiger partial charge is 0.334 e. The van der Waals surface area contributed by atoms with Crippen LogP contribution < -0.4 is 0 Å². The zero-order valence-corrected chi connectivity index (χ0v) is 20.4. The second kappa shape index (κ2) is 9.34. The highest BCUT2D eigenvalue weighted by atomic mass is 16.7. The van der Waals surface area contributed by atoms with E-state index >= 15 is 0 Å². The van der Waals surface area contributed by atoms with Crippen molar-refractivity contribution in [3.8, 4) is 0 Å². The summed E-state index contributed by atoms with van der Waals surface area (Å²) in [6.45, 7) is 3.56. The summed E-state index contributed by atoms with van der Waals surface area (Å²) in [6.07, 6.45) is -0.813. The first-order valence-corrected chi connectivity index (χ1v) is 12.5. The number of carbonyl (C=O) groups is 2. The monoisotopic (exact) mass is 506 g/mol. The van der Waals surface area contributed by atoms with Gasteiger partial charge in [-0.25, -0.2) is 4.79 Å². The summed E-state index contributed by atoms with van der Waals surface area (Å²) >= 11 is 0. The highest BCUT2D eigenvalue weighted by Gasteiger charge is 2.64. The number of Topliss-reactive ketones (excluding diaryl/α,β-unsaturated/α-hetero) is 1. The van der Waals surface area contributed by atoms with E-state index in [4.69, 9.17) is 18.6 Å². The highest BCUT2D eigenvalue weighted by Crippen LogP contribution is 2.63. The molecule has 1 aromatic heterocycles. The highest BCUT2D eigenvalue weighted by molar-refractivity contribution is 5.95. The number of allylic oxidation sites excluding steroid dienone is 1. The number of furan rings is 1. The number of aliphatic hydroxyl groups is 4. The maximum atomic E-state index is 13.4. The minimum atomic E-state index is -1.58. The molecule has 4 aliphatic rings. The van der Waals surface area contributed by atoms with Crippen molar-refractivity contribution in [3.05, 3.63) is 35.8 Å². The van der Waals surface area contributed by atoms with Crippen LogP contribution in [0.15, 0.2) is 34.7 Å². The summed E-state index contributed by atoms with van der Waals surface area (Å²) in [4.78, 5) is 25.9. The van der Waals surface area contributed by atoms with Crippen LogP contribution in [0, 0.1) is 22.7 Å². The average Bonchev–Trinajstić information content (AvgIpc) is 3.51. The number of hydrogen-bond acceptors (Lipinski definition) is 10. The molecule has 2 aliphatic heterocycles. The van der Waals surface area contributed by atoms with Crippen molar-refractivity contribution in [2.45, 2.75) is 76.3 Å². The van der Waals surface area contributed by atoms with Crippen LogP contribution in [-0.4, -0.2) is 76.1 Å². The van der Waals surface area contributed by atoms with Crippen LogP contribution in [0.4, 0.5) is 0 Å². The minimum absolute atomic E-state index is 0.0306. The molecule has 198 valence electrons. The fourth-order valence-corrected chi connectivity index (χ4v) is 6.93. The summed E-state index contributed by atoms with van der Waals surface area (Å²) in [7, 11) is 0. The molecule has 0 radical (unpaired) electrons. The fraction of sp³-hybridized carbons (Fsp3) is 0.692. The molecule has 1 aromatic rings. The van der Waals surface area contributed by atoms with E-state index in [0.717, 1.165) is 6.42 Å². The molecule has 10 unspecified atom stereocenters. The summed E-state index contributed by atoms with van der Waals surface area (Å²) in [5.41, 5.74) is -0.0332. The standard InChI is InChI=1S/C26H34O10/c1-13-16(28)8-26-12-34-23(32)15(26)4-3-5-19(26)25(13,2)9-17(14-6-7-33-11-14)35-24-22(31)21(30)20(29)18(10-27)36-24/h4,6-7,11,13,17-22,24,27,29-31H,3,5,8-10,12H2,1-2H3. The summed E-state index contributed by atoms with van der Waals surface area (Å²) in [5, 5.41) is 40.6. The molecule has 3 fully saturated rings. The van der Waals surface area contributed by atoms with Gasteiger partial charge in [0.25, 0.3) is 0 Å². The van der Waals surface area contributed by atoms with Gasteiger partial charge >= 0.3 is 5.97 Å². The lowest BCUT2D eigenvalue weighted by Crippen LogP contribution is -2.59. The van der Waals surface area contributed by atoms with Crippen LogP contribution in [0.5, 0.6) is 0 Å². The largest absolute Gasteiger partial charge is 0.472 e. The Morgan fingerprint density at radius 1 is 1.19 bits per heavy atom. The number of aliphatic hydroxyl groups excluding tert-OH is 4. The van der Waals surface area contributed by atoms with Crippen molar-refractivity contribution < 1.29 is 48.6 Å². The molecule has 1 spiro atoms. The average molecular weight is 507 g/mol. The van der Waals surface area contributed by atoms with E-state index in [1.54, 1.807) is 6.07 Å². The molecule has 36 heavy (non-hydrogen) atoms. The Bertz CT molecular complexity index is 1020. The van der Waals surface area contributed by atoms with Gasteiger partial charge in [0.15, 0.2) is 6.29 Å². The Kier molecular flexibility index (Phi) is 6.63. The predicted molar refractivity (Wildman–Crippen MR) is 122 cm³/mol. The Hall–Kier alpha value is -2.08. The second-order valence-corrected chi connectivity index (χ2v) is 10.9. The molecule has 2 aliphatic carbocycles. The number of ketones is 1. The Balaban J connectivity index is 1.48. The van der Waals surface area contributed by atoms with E-state index < -0.39 is 54.2 Å². The van der Waals surface area contributed by atoms with E-state index in [2.05, 4.69) is 0 Å². The first-order chi connectivity index (χ1) is 17.1. The number of hydrogen-bond donors (Lipinski definition) is 4. The van der Waals surface area contributed by atoms with Crippen LogP contribution in [0.1, 0.15) is 51.2 Å². The van der Waals surface area contributed by atoms with Crippen molar-refractivity contribution in [3.63, 3.8) is 0 Å². The van der Waals surface area contributed by atoms with Gasteiger partial charge in [0.1, 0.15) is 36.8 Å². The van der Waals surface area contributed by atoms with E-state index in [1.165, 1.54) is 12.5 Å². The van der Waals surface area contributed by atoms with Gasteiger partial charge < -0.3 is 39.1 Å². The van der Waals surface area contributed by atoms with Crippen LogP contribution in [0.25, 0.3) is 0 Å². The molecule has 1 saturated carbocycles. The number of ether oxygens (including phenoxy) is 3. The van der Waals surface area contributed by atoms with Gasteiger partial charge in [-0.3, -0.25) is 4.79 Å². The molecular formula is C26H34O10. The number of carbonyl (C=O) groups excluding carboxylic acids is 2. The molecular weight excluding hydrogens is 472 g/mol. The van der Waals surface area contributed by atoms with Crippen molar-refractivity contribution in [1.29, 1.82) is 0 Å². The third-order valence-corrected chi connectivity index (χ3v) is 9.13. The Morgan fingerprint density at radius 3 is 2.67 bits per heavy atom. The van der Waals surface area contributed by atoms with E-state index in [0.29, 0.717) is 24.0 Å². The summed E-state index contributed by atoms with van der Waals surface area (Å²) in [5.74, 6) is -0.667. The molecule has 10 atom stereocenters. The summed E-state index contributed by atoms with van der Waals surface area (Å²) < 4.78 is 22.6. The van der Waals surface area contributed by atoms with Gasteiger partial charge in [-0.15, -0.1) is 0 Å². The Morgan fingerprint density at radius 2 is 1.97 bits per heavy atom. The lowest BCUT2D eigenvalue weighted by atomic mass is 9.46. The molecule has 4 N–H and O–H groups in total. The second-order valence-electron chi connectivity index (χ2n) is 10.9. The maximum absolute atomic E-state index is 13.4. The van der Waals surface area contributed by atoms with Gasteiger partial charge in [-0.05, 0) is 36.7 Å². The molecule has 10 nitrogen and oxygen atoms in total. The van der Waals surface area contributed by atoms with E-state index in [-0.39, 0.29) is 36.6 Å². The van der Waals surface area contributed by atoms with Crippen LogP contribution in [0.3, 0.4) is 0 Å². The lowest BCUT2D eigenvalue weighted by Gasteiger charge is -2.56. The lowest BCUT2D eigenvalue weighted by molar-refractivity contribution is -0.315. The topological polar surface area (TPSA) is 156 Å².